The Morgan fingerprint density at radius 3 is 2.58 bits per heavy atom. The minimum atomic E-state index is -0.767. The number of nitro groups is 1. The van der Waals surface area contributed by atoms with Gasteiger partial charge in [-0.25, -0.2) is 4.39 Å². The Hall–Kier alpha value is -3.93. The molecule has 2 aromatic carbocycles. The Bertz CT molecular complexity index is 1150. The number of carbonyl (C=O) groups is 3. The van der Waals surface area contributed by atoms with Crippen molar-refractivity contribution in [1.29, 1.82) is 0 Å². The minimum Gasteiger partial charge on any atom is -0.454 e. The molecule has 31 heavy (non-hydrogen) atoms. The van der Waals surface area contributed by atoms with Gasteiger partial charge in [-0.1, -0.05) is 0 Å². The van der Waals surface area contributed by atoms with Crippen LogP contribution in [0.5, 0.6) is 11.5 Å². The van der Waals surface area contributed by atoms with E-state index in [1.807, 2.05) is 0 Å². The largest absolute Gasteiger partial charge is 0.454 e. The standard InChI is InChI=1S/C19H12FN3O7S/c20-11-1-3-12(4-2-11)21-17(24)8-22-18(25)16(31-19(22)26)6-10-5-14-15(30-9-29-14)7-13(10)23(27)28/h1-7H,8-9H2,(H,21,24)/b16-6-. The number of fused-ring (bicyclic) bond motifs is 1. The molecule has 4 rings (SSSR count). The van der Waals surface area contributed by atoms with Crippen LogP contribution in [0.25, 0.3) is 6.08 Å². The zero-order chi connectivity index (χ0) is 22.1. The number of imide groups is 1. The predicted octanol–water partition coefficient (Wildman–Crippen LogP) is 3.14. The lowest BCUT2D eigenvalue weighted by atomic mass is 10.1. The summed E-state index contributed by atoms with van der Waals surface area (Å²) in [5.41, 5.74) is 0.0190. The summed E-state index contributed by atoms with van der Waals surface area (Å²) in [6.07, 6.45) is 1.20. The third-order valence-corrected chi connectivity index (χ3v) is 5.22. The van der Waals surface area contributed by atoms with Gasteiger partial charge >= 0.3 is 0 Å². The predicted molar refractivity (Wildman–Crippen MR) is 107 cm³/mol. The van der Waals surface area contributed by atoms with Crippen molar-refractivity contribution in [2.45, 2.75) is 0 Å². The number of rotatable bonds is 5. The number of benzene rings is 2. The summed E-state index contributed by atoms with van der Waals surface area (Å²) >= 11 is 0.555. The average Bonchev–Trinajstić information content (AvgIpc) is 3.28. The Morgan fingerprint density at radius 2 is 1.90 bits per heavy atom. The highest BCUT2D eigenvalue weighted by Crippen LogP contribution is 2.40. The van der Waals surface area contributed by atoms with Gasteiger partial charge in [0.15, 0.2) is 11.5 Å². The van der Waals surface area contributed by atoms with Gasteiger partial charge in [-0.15, -0.1) is 0 Å². The molecule has 0 bridgehead atoms. The quantitative estimate of drug-likeness (QED) is 0.422. The lowest BCUT2D eigenvalue weighted by molar-refractivity contribution is -0.385. The van der Waals surface area contributed by atoms with Crippen molar-refractivity contribution in [1.82, 2.24) is 4.90 Å². The molecular weight excluding hydrogens is 433 g/mol. The lowest BCUT2D eigenvalue weighted by Gasteiger charge is -2.12. The SMILES string of the molecule is O=C(CN1C(=O)S/C(=C\c2cc3c(cc2[N+](=O)[O-])OCO3)C1=O)Nc1ccc(F)cc1. The first kappa shape index (κ1) is 20.3. The van der Waals surface area contributed by atoms with Crippen molar-refractivity contribution in [3.05, 3.63) is 62.8 Å². The molecule has 1 fully saturated rings. The Balaban J connectivity index is 1.53. The average molecular weight is 445 g/mol. The second-order valence-corrected chi connectivity index (χ2v) is 7.34. The van der Waals surface area contributed by atoms with E-state index in [2.05, 4.69) is 5.32 Å². The maximum atomic E-state index is 13.0. The minimum absolute atomic E-state index is 0.0514. The van der Waals surface area contributed by atoms with Crippen LogP contribution >= 0.6 is 11.8 Å². The van der Waals surface area contributed by atoms with Crippen LogP contribution in [-0.4, -0.2) is 40.2 Å². The highest BCUT2D eigenvalue weighted by molar-refractivity contribution is 8.18. The highest BCUT2D eigenvalue weighted by atomic mass is 32.2. The van der Waals surface area contributed by atoms with Gasteiger partial charge in [0.2, 0.25) is 12.7 Å². The molecule has 2 aliphatic rings. The monoisotopic (exact) mass is 445 g/mol. The molecule has 1 saturated heterocycles. The van der Waals surface area contributed by atoms with Crippen LogP contribution in [0.3, 0.4) is 0 Å². The van der Waals surface area contributed by atoms with Crippen LogP contribution in [0.1, 0.15) is 5.56 Å². The maximum Gasteiger partial charge on any atom is 0.294 e. The third-order valence-electron chi connectivity index (χ3n) is 4.31. The lowest BCUT2D eigenvalue weighted by Crippen LogP contribution is -2.36. The fourth-order valence-corrected chi connectivity index (χ4v) is 3.70. The van der Waals surface area contributed by atoms with Crippen LogP contribution < -0.4 is 14.8 Å². The molecule has 10 nitrogen and oxygen atoms in total. The second-order valence-electron chi connectivity index (χ2n) is 6.34. The summed E-state index contributed by atoms with van der Waals surface area (Å²) in [6.45, 7) is -0.655. The molecule has 0 atom stereocenters. The molecule has 158 valence electrons. The molecule has 0 saturated carbocycles. The van der Waals surface area contributed by atoms with E-state index in [1.165, 1.54) is 30.3 Å². The van der Waals surface area contributed by atoms with Crippen LogP contribution in [0, 0.1) is 15.9 Å². The molecule has 0 unspecified atom stereocenters. The van der Waals surface area contributed by atoms with Gasteiger partial charge in [0.1, 0.15) is 12.4 Å². The third kappa shape index (κ3) is 4.19. The number of ether oxygens (including phenoxy) is 2. The number of hydrogen-bond donors (Lipinski definition) is 1. The first-order valence-electron chi connectivity index (χ1n) is 8.70. The van der Waals surface area contributed by atoms with Gasteiger partial charge < -0.3 is 14.8 Å². The Morgan fingerprint density at radius 1 is 1.23 bits per heavy atom. The summed E-state index contributed by atoms with van der Waals surface area (Å²) in [5, 5.41) is 13.1. The number of anilines is 1. The first-order chi connectivity index (χ1) is 14.8. The summed E-state index contributed by atoms with van der Waals surface area (Å²) in [6, 6.07) is 7.48. The van der Waals surface area contributed by atoms with E-state index < -0.39 is 34.3 Å². The Kier molecular flexibility index (Phi) is 5.29. The number of halogens is 1. The molecule has 0 spiro atoms. The van der Waals surface area contributed by atoms with Crippen molar-refractivity contribution in [3.63, 3.8) is 0 Å². The normalized spacial score (nSPS) is 16.2. The molecule has 2 heterocycles. The Labute approximate surface area is 177 Å². The van der Waals surface area contributed by atoms with Crippen molar-refractivity contribution in [2.75, 3.05) is 18.7 Å². The van der Waals surface area contributed by atoms with Crippen LogP contribution in [0.15, 0.2) is 41.3 Å². The number of hydrogen-bond acceptors (Lipinski definition) is 8. The second kappa shape index (κ2) is 8.07. The van der Waals surface area contributed by atoms with Crippen LogP contribution in [-0.2, 0) is 9.59 Å². The molecular formula is C19H12FN3O7S. The van der Waals surface area contributed by atoms with Gasteiger partial charge in [-0.05, 0) is 48.2 Å². The van der Waals surface area contributed by atoms with E-state index in [9.17, 15) is 28.9 Å². The molecule has 0 aliphatic carbocycles. The number of carbonyl (C=O) groups excluding carboxylic acids is 3. The fourth-order valence-electron chi connectivity index (χ4n) is 2.88. The van der Waals surface area contributed by atoms with E-state index in [-0.39, 0.29) is 34.4 Å². The first-order valence-corrected chi connectivity index (χ1v) is 9.52. The number of nitrogens with zero attached hydrogens (tertiary/aromatic N) is 2. The van der Waals surface area contributed by atoms with Gasteiger partial charge in [0.25, 0.3) is 16.8 Å². The van der Waals surface area contributed by atoms with E-state index >= 15 is 0 Å². The van der Waals surface area contributed by atoms with Gasteiger partial charge in [0.05, 0.1) is 21.5 Å². The van der Waals surface area contributed by atoms with Gasteiger partial charge in [0, 0.05) is 5.69 Å². The van der Waals surface area contributed by atoms with Gasteiger partial charge in [-0.2, -0.15) is 0 Å². The summed E-state index contributed by atoms with van der Waals surface area (Å²) in [7, 11) is 0. The number of nitrogens with one attached hydrogen (secondary N) is 1. The molecule has 3 amide bonds. The smallest absolute Gasteiger partial charge is 0.294 e. The molecule has 2 aliphatic heterocycles. The van der Waals surface area contributed by atoms with E-state index in [0.29, 0.717) is 22.3 Å². The summed E-state index contributed by atoms with van der Waals surface area (Å²) in [4.78, 5) is 48.4. The summed E-state index contributed by atoms with van der Waals surface area (Å²) in [5.74, 6) is -1.43. The van der Waals surface area contributed by atoms with Crippen molar-refractivity contribution in [3.8, 4) is 11.5 Å². The number of amides is 3. The van der Waals surface area contributed by atoms with E-state index in [1.54, 1.807) is 0 Å². The fraction of sp³-hybridized carbons (Fsp3) is 0.105. The molecule has 1 N–H and O–H groups in total. The highest BCUT2D eigenvalue weighted by Gasteiger charge is 2.37. The maximum absolute atomic E-state index is 13.0. The zero-order valence-corrected chi connectivity index (χ0v) is 16.3. The number of nitro benzene ring substituents is 1. The zero-order valence-electron chi connectivity index (χ0n) is 15.5. The van der Waals surface area contributed by atoms with Crippen molar-refractivity contribution >= 4 is 46.3 Å². The number of thioether (sulfide) groups is 1. The molecule has 0 aromatic heterocycles. The molecule has 12 heteroatoms. The molecule has 0 radical (unpaired) electrons. The van der Waals surface area contributed by atoms with E-state index in [0.717, 1.165) is 12.1 Å². The van der Waals surface area contributed by atoms with Crippen molar-refractivity contribution < 1.29 is 33.2 Å². The topological polar surface area (TPSA) is 128 Å². The molecule has 2 aromatic rings. The van der Waals surface area contributed by atoms with Crippen molar-refractivity contribution in [2.24, 2.45) is 0 Å². The van der Waals surface area contributed by atoms with Crippen LogP contribution in [0.2, 0.25) is 0 Å². The van der Waals surface area contributed by atoms with E-state index in [4.69, 9.17) is 9.47 Å². The summed E-state index contributed by atoms with van der Waals surface area (Å²) < 4.78 is 23.3. The van der Waals surface area contributed by atoms with Crippen LogP contribution in [0.4, 0.5) is 20.6 Å². The van der Waals surface area contributed by atoms with Gasteiger partial charge in [-0.3, -0.25) is 29.4 Å².